The molecule has 3 aromatic rings. The van der Waals surface area contributed by atoms with E-state index in [9.17, 15) is 4.79 Å². The number of ketones is 1. The fraction of sp³-hybridized carbons (Fsp3) is 0. The third-order valence-corrected chi connectivity index (χ3v) is 3.11. The van der Waals surface area contributed by atoms with Crippen LogP contribution in [0.4, 0.5) is 5.69 Å². The molecule has 0 saturated carbocycles. The molecule has 2 heteroatoms. The van der Waals surface area contributed by atoms with Crippen LogP contribution in [-0.4, -0.2) is 5.78 Å². The van der Waals surface area contributed by atoms with Crippen LogP contribution >= 0.6 is 0 Å². The molecule has 3 rings (SSSR count). The molecular weight excluding hydrogens is 282 g/mol. The topological polar surface area (TPSA) is 29.1 Å². The molecule has 0 aliphatic heterocycles. The average Bonchev–Trinajstić information content (AvgIpc) is 2.64. The first-order valence-electron chi connectivity index (χ1n) is 7.38. The summed E-state index contributed by atoms with van der Waals surface area (Å²) in [7, 11) is 0. The summed E-state index contributed by atoms with van der Waals surface area (Å²) in [5.74, 6) is 0.0752. The maximum Gasteiger partial charge on any atom is 0.193 e. The van der Waals surface area contributed by atoms with Gasteiger partial charge >= 0.3 is 0 Å². The summed E-state index contributed by atoms with van der Waals surface area (Å²) in [4.78, 5) is 11.8. The number of nitrogens with one attached hydrogen (secondary N) is 1. The van der Waals surface area contributed by atoms with Crippen LogP contribution in [-0.2, 0) is 0 Å². The predicted octanol–water partition coefficient (Wildman–Crippen LogP) is 5.16. The van der Waals surface area contributed by atoms with Crippen LogP contribution in [0.5, 0.6) is 0 Å². The largest absolute Gasteiger partial charge is 0.362 e. The van der Waals surface area contributed by atoms with Crippen molar-refractivity contribution in [3.8, 4) is 0 Å². The van der Waals surface area contributed by atoms with E-state index in [-0.39, 0.29) is 5.78 Å². The lowest BCUT2D eigenvalue weighted by molar-refractivity contribution is 0.103. The summed E-state index contributed by atoms with van der Waals surface area (Å²) in [5.41, 5.74) is 2.55. The van der Waals surface area contributed by atoms with Gasteiger partial charge in [0.1, 0.15) is 0 Å². The second-order valence-electron chi connectivity index (χ2n) is 4.78. The standard InChI is InChI=1S/C13H10O.C8H9N/c14-13(11-7-3-1-4-8-11)12-9-5-2-6-10-12;1-2-9-8-6-4-3-5-7-8/h1-10H;2-7,9H,1H2. The Morgan fingerprint density at radius 1 is 0.696 bits per heavy atom. The van der Waals surface area contributed by atoms with Gasteiger partial charge in [0.25, 0.3) is 0 Å². The summed E-state index contributed by atoms with van der Waals surface area (Å²) < 4.78 is 0. The lowest BCUT2D eigenvalue weighted by atomic mass is 10.0. The molecular formula is C21H19NO. The first-order valence-corrected chi connectivity index (χ1v) is 7.38. The summed E-state index contributed by atoms with van der Waals surface area (Å²) in [6, 6.07) is 28.5. The Hall–Kier alpha value is -3.13. The van der Waals surface area contributed by atoms with Gasteiger partial charge in [-0.05, 0) is 18.3 Å². The zero-order chi connectivity index (χ0) is 16.3. The Morgan fingerprint density at radius 3 is 1.48 bits per heavy atom. The molecule has 1 N–H and O–H groups in total. The van der Waals surface area contributed by atoms with Gasteiger partial charge < -0.3 is 5.32 Å². The van der Waals surface area contributed by atoms with Gasteiger partial charge in [0.05, 0.1) is 0 Å². The number of hydrogen-bond donors (Lipinski definition) is 1. The highest BCUT2D eigenvalue weighted by Gasteiger charge is 2.06. The van der Waals surface area contributed by atoms with E-state index in [1.165, 1.54) is 0 Å². The average molecular weight is 301 g/mol. The SMILES string of the molecule is C=CNc1ccccc1.O=C(c1ccccc1)c1ccccc1. The third-order valence-electron chi connectivity index (χ3n) is 3.11. The minimum Gasteiger partial charge on any atom is -0.362 e. The summed E-state index contributed by atoms with van der Waals surface area (Å²) >= 11 is 0. The zero-order valence-electron chi connectivity index (χ0n) is 12.9. The lowest BCUT2D eigenvalue weighted by Crippen LogP contribution is -1.99. The minimum atomic E-state index is 0.0752. The molecule has 0 amide bonds. The number of hydrogen-bond acceptors (Lipinski definition) is 2. The van der Waals surface area contributed by atoms with E-state index in [0.29, 0.717) is 0 Å². The highest BCUT2D eigenvalue weighted by Crippen LogP contribution is 2.08. The molecule has 0 fully saturated rings. The van der Waals surface area contributed by atoms with Crippen LogP contribution in [0.2, 0.25) is 0 Å². The number of anilines is 1. The quantitative estimate of drug-likeness (QED) is 0.674. The Kier molecular flexibility index (Phi) is 6.36. The van der Waals surface area contributed by atoms with Gasteiger partial charge in [-0.15, -0.1) is 0 Å². The van der Waals surface area contributed by atoms with E-state index in [4.69, 9.17) is 0 Å². The predicted molar refractivity (Wildman–Crippen MR) is 96.6 cm³/mol. The van der Waals surface area contributed by atoms with Crippen molar-refractivity contribution in [3.05, 3.63) is 115 Å². The molecule has 0 aromatic heterocycles. The Labute approximate surface area is 137 Å². The smallest absolute Gasteiger partial charge is 0.193 e. The molecule has 114 valence electrons. The first kappa shape index (κ1) is 16.2. The van der Waals surface area contributed by atoms with Crippen molar-refractivity contribution in [3.63, 3.8) is 0 Å². The molecule has 23 heavy (non-hydrogen) atoms. The first-order chi connectivity index (χ1) is 11.3. The number of carbonyl (C=O) groups is 1. The summed E-state index contributed by atoms with van der Waals surface area (Å²) in [6.07, 6.45) is 1.66. The fourth-order valence-electron chi connectivity index (χ4n) is 2.00. The molecule has 3 aromatic carbocycles. The number of rotatable bonds is 4. The molecule has 0 spiro atoms. The van der Waals surface area contributed by atoms with E-state index in [1.54, 1.807) is 6.20 Å². The minimum absolute atomic E-state index is 0.0752. The number of carbonyl (C=O) groups excluding carboxylic acids is 1. The van der Waals surface area contributed by atoms with E-state index in [0.717, 1.165) is 16.8 Å². The molecule has 0 bridgehead atoms. The maximum absolute atomic E-state index is 11.8. The summed E-state index contributed by atoms with van der Waals surface area (Å²) in [6.45, 7) is 3.54. The molecule has 0 aliphatic rings. The van der Waals surface area contributed by atoms with Crippen molar-refractivity contribution in [2.75, 3.05) is 5.32 Å². The Bertz CT molecular complexity index is 680. The molecule has 2 nitrogen and oxygen atoms in total. The van der Waals surface area contributed by atoms with Crippen LogP contribution in [0.1, 0.15) is 15.9 Å². The second kappa shape index (κ2) is 9.00. The molecule has 0 heterocycles. The van der Waals surface area contributed by atoms with Crippen molar-refractivity contribution in [1.82, 2.24) is 0 Å². The van der Waals surface area contributed by atoms with Crippen molar-refractivity contribution >= 4 is 11.5 Å². The molecule has 0 saturated heterocycles. The van der Waals surface area contributed by atoms with Crippen LogP contribution in [0.3, 0.4) is 0 Å². The molecule has 0 atom stereocenters. The van der Waals surface area contributed by atoms with Crippen molar-refractivity contribution in [2.45, 2.75) is 0 Å². The van der Waals surface area contributed by atoms with E-state index in [1.807, 2.05) is 91.0 Å². The molecule has 0 aliphatic carbocycles. The second-order valence-corrected chi connectivity index (χ2v) is 4.78. The van der Waals surface area contributed by atoms with Gasteiger partial charge in [0.15, 0.2) is 5.78 Å². The third kappa shape index (κ3) is 5.29. The van der Waals surface area contributed by atoms with Crippen LogP contribution in [0.25, 0.3) is 0 Å². The van der Waals surface area contributed by atoms with Gasteiger partial charge in [-0.1, -0.05) is 85.4 Å². The van der Waals surface area contributed by atoms with E-state index < -0.39 is 0 Å². The van der Waals surface area contributed by atoms with Crippen molar-refractivity contribution in [1.29, 1.82) is 0 Å². The lowest BCUT2D eigenvalue weighted by Gasteiger charge is -1.99. The Balaban J connectivity index is 0.000000185. The van der Waals surface area contributed by atoms with Crippen LogP contribution in [0.15, 0.2) is 104 Å². The maximum atomic E-state index is 11.8. The molecule has 0 unspecified atom stereocenters. The van der Waals surface area contributed by atoms with Gasteiger partial charge in [0, 0.05) is 16.8 Å². The van der Waals surface area contributed by atoms with Gasteiger partial charge in [-0.3, -0.25) is 4.79 Å². The highest BCUT2D eigenvalue weighted by atomic mass is 16.1. The molecule has 0 radical (unpaired) electrons. The normalized spacial score (nSPS) is 9.22. The van der Waals surface area contributed by atoms with Crippen LogP contribution < -0.4 is 5.32 Å². The monoisotopic (exact) mass is 301 g/mol. The highest BCUT2D eigenvalue weighted by molar-refractivity contribution is 6.08. The number of benzene rings is 3. The van der Waals surface area contributed by atoms with Gasteiger partial charge in [-0.2, -0.15) is 0 Å². The van der Waals surface area contributed by atoms with Gasteiger partial charge in [0.2, 0.25) is 0 Å². The van der Waals surface area contributed by atoms with E-state index >= 15 is 0 Å². The number of para-hydroxylation sites is 1. The van der Waals surface area contributed by atoms with Crippen molar-refractivity contribution < 1.29 is 4.79 Å². The van der Waals surface area contributed by atoms with E-state index in [2.05, 4.69) is 11.9 Å². The zero-order valence-corrected chi connectivity index (χ0v) is 12.9. The van der Waals surface area contributed by atoms with Crippen LogP contribution in [0, 0.1) is 0 Å². The Morgan fingerprint density at radius 2 is 1.09 bits per heavy atom. The summed E-state index contributed by atoms with van der Waals surface area (Å²) in [5, 5.41) is 2.97. The fourth-order valence-corrected chi connectivity index (χ4v) is 2.00. The van der Waals surface area contributed by atoms with Crippen molar-refractivity contribution in [2.24, 2.45) is 0 Å². The van der Waals surface area contributed by atoms with Gasteiger partial charge in [-0.25, -0.2) is 0 Å².